The van der Waals surface area contributed by atoms with Crippen LogP contribution in [0.4, 0.5) is 4.39 Å². The first-order valence-corrected chi connectivity index (χ1v) is 6.75. The second-order valence-electron chi connectivity index (χ2n) is 4.65. The van der Waals surface area contributed by atoms with Gasteiger partial charge in [-0.3, -0.25) is 0 Å². The Hall–Kier alpha value is -1.42. The standard InChI is InChI=1S/C15H22FNO2/c1-3-14(16)11-17(4-2)10-9-12-5-7-13(8-6-12)15(18)19/h5-8,14H,3-4,9-11H2,1-2H3,(H,18,19). The van der Waals surface area contributed by atoms with Crippen LogP contribution < -0.4 is 0 Å². The summed E-state index contributed by atoms with van der Waals surface area (Å²) < 4.78 is 13.3. The van der Waals surface area contributed by atoms with Crippen molar-refractivity contribution in [2.24, 2.45) is 0 Å². The molecule has 0 aliphatic heterocycles. The predicted molar refractivity (Wildman–Crippen MR) is 74.4 cm³/mol. The molecule has 1 aromatic carbocycles. The Bertz CT molecular complexity index is 392. The molecule has 0 saturated carbocycles. The Labute approximate surface area is 114 Å². The highest BCUT2D eigenvalue weighted by Gasteiger charge is 2.10. The molecule has 1 unspecified atom stereocenters. The van der Waals surface area contributed by atoms with Crippen LogP contribution in [0.2, 0.25) is 0 Å². The average molecular weight is 267 g/mol. The largest absolute Gasteiger partial charge is 0.478 e. The van der Waals surface area contributed by atoms with E-state index in [1.165, 1.54) is 0 Å². The third kappa shape index (κ3) is 5.39. The Balaban J connectivity index is 2.48. The average Bonchev–Trinajstić information content (AvgIpc) is 2.43. The van der Waals surface area contributed by atoms with Crippen LogP contribution in [0, 0.1) is 0 Å². The van der Waals surface area contributed by atoms with Gasteiger partial charge < -0.3 is 10.0 Å². The van der Waals surface area contributed by atoms with E-state index < -0.39 is 12.1 Å². The van der Waals surface area contributed by atoms with Crippen LogP contribution in [-0.2, 0) is 6.42 Å². The molecular weight excluding hydrogens is 245 g/mol. The van der Waals surface area contributed by atoms with Crippen LogP contribution in [0.5, 0.6) is 0 Å². The molecule has 0 aliphatic carbocycles. The van der Waals surface area contributed by atoms with Gasteiger partial charge in [0.05, 0.1) is 5.56 Å². The molecule has 0 fully saturated rings. The van der Waals surface area contributed by atoms with Crippen LogP contribution in [0.3, 0.4) is 0 Å². The second-order valence-corrected chi connectivity index (χ2v) is 4.65. The third-order valence-corrected chi connectivity index (χ3v) is 3.26. The van der Waals surface area contributed by atoms with E-state index in [-0.39, 0.29) is 0 Å². The van der Waals surface area contributed by atoms with Crippen molar-refractivity contribution in [2.45, 2.75) is 32.9 Å². The van der Waals surface area contributed by atoms with Gasteiger partial charge in [-0.25, -0.2) is 9.18 Å². The molecule has 4 heteroatoms. The number of rotatable bonds is 8. The van der Waals surface area contributed by atoms with Crippen molar-refractivity contribution in [1.29, 1.82) is 0 Å². The summed E-state index contributed by atoms with van der Waals surface area (Å²) in [4.78, 5) is 12.8. The molecule has 0 aromatic heterocycles. The van der Waals surface area contributed by atoms with Gasteiger partial charge in [0.25, 0.3) is 0 Å². The van der Waals surface area contributed by atoms with Gasteiger partial charge in [0.2, 0.25) is 0 Å². The number of carboxylic acids is 1. The van der Waals surface area contributed by atoms with E-state index in [0.29, 0.717) is 18.5 Å². The molecule has 0 spiro atoms. The van der Waals surface area contributed by atoms with E-state index in [2.05, 4.69) is 4.90 Å². The minimum Gasteiger partial charge on any atom is -0.478 e. The minimum absolute atomic E-state index is 0.297. The third-order valence-electron chi connectivity index (χ3n) is 3.26. The first kappa shape index (κ1) is 15.6. The number of halogens is 1. The number of carbonyl (C=O) groups is 1. The molecule has 1 rings (SSSR count). The second kappa shape index (κ2) is 7.89. The Morgan fingerprint density at radius 2 is 1.95 bits per heavy atom. The summed E-state index contributed by atoms with van der Waals surface area (Å²) in [5.74, 6) is -0.912. The monoisotopic (exact) mass is 267 g/mol. The number of nitrogens with zero attached hydrogens (tertiary/aromatic N) is 1. The maximum atomic E-state index is 13.3. The quantitative estimate of drug-likeness (QED) is 0.787. The number of carboxylic acid groups (broad SMARTS) is 1. The Kier molecular flexibility index (Phi) is 6.50. The van der Waals surface area contributed by atoms with Crippen molar-refractivity contribution < 1.29 is 14.3 Å². The summed E-state index contributed by atoms with van der Waals surface area (Å²) in [6, 6.07) is 6.87. The van der Waals surface area contributed by atoms with Gasteiger partial charge in [-0.2, -0.15) is 0 Å². The SMILES string of the molecule is CCC(F)CN(CC)CCc1ccc(C(=O)O)cc1. The van der Waals surface area contributed by atoms with Crippen molar-refractivity contribution in [3.8, 4) is 0 Å². The van der Waals surface area contributed by atoms with Gasteiger partial charge in [-0.05, 0) is 37.1 Å². The predicted octanol–water partition coefficient (Wildman–Crippen LogP) is 3.00. The lowest BCUT2D eigenvalue weighted by atomic mass is 10.1. The fraction of sp³-hybridized carbons (Fsp3) is 0.533. The highest BCUT2D eigenvalue weighted by Crippen LogP contribution is 2.07. The fourth-order valence-electron chi connectivity index (χ4n) is 1.89. The highest BCUT2D eigenvalue weighted by atomic mass is 19.1. The van der Waals surface area contributed by atoms with Crippen LogP contribution in [0.1, 0.15) is 36.2 Å². The zero-order valence-electron chi connectivity index (χ0n) is 11.6. The summed E-state index contributed by atoms with van der Waals surface area (Å²) in [7, 11) is 0. The molecule has 0 aliphatic rings. The molecule has 0 bridgehead atoms. The molecule has 0 saturated heterocycles. The van der Waals surface area contributed by atoms with Crippen molar-refractivity contribution in [3.63, 3.8) is 0 Å². The molecule has 3 nitrogen and oxygen atoms in total. The lowest BCUT2D eigenvalue weighted by Gasteiger charge is -2.21. The summed E-state index contributed by atoms with van der Waals surface area (Å²) in [5.41, 5.74) is 1.38. The maximum Gasteiger partial charge on any atom is 0.335 e. The summed E-state index contributed by atoms with van der Waals surface area (Å²) in [6.07, 6.45) is 0.586. The first-order chi connectivity index (χ1) is 9.06. The summed E-state index contributed by atoms with van der Waals surface area (Å²) in [6.45, 7) is 5.97. The van der Waals surface area contributed by atoms with Gasteiger partial charge in [0.15, 0.2) is 0 Å². The molecule has 1 N–H and O–H groups in total. The van der Waals surface area contributed by atoms with Crippen LogP contribution in [-0.4, -0.2) is 41.8 Å². The number of hydrogen-bond acceptors (Lipinski definition) is 2. The molecular formula is C15H22FNO2. The van der Waals surface area contributed by atoms with Crippen molar-refractivity contribution >= 4 is 5.97 Å². The van der Waals surface area contributed by atoms with Crippen molar-refractivity contribution in [3.05, 3.63) is 35.4 Å². The lowest BCUT2D eigenvalue weighted by molar-refractivity contribution is 0.0697. The minimum atomic E-state index is -0.912. The Morgan fingerprint density at radius 1 is 1.32 bits per heavy atom. The van der Waals surface area contributed by atoms with E-state index in [9.17, 15) is 9.18 Å². The number of hydrogen-bond donors (Lipinski definition) is 1. The van der Waals surface area contributed by atoms with E-state index in [0.717, 1.165) is 25.1 Å². The highest BCUT2D eigenvalue weighted by molar-refractivity contribution is 5.87. The van der Waals surface area contributed by atoms with Gasteiger partial charge >= 0.3 is 5.97 Å². The normalized spacial score (nSPS) is 12.6. The summed E-state index contributed by atoms with van der Waals surface area (Å²) >= 11 is 0. The smallest absolute Gasteiger partial charge is 0.335 e. The van der Waals surface area contributed by atoms with Crippen LogP contribution in [0.25, 0.3) is 0 Å². The van der Waals surface area contributed by atoms with E-state index in [1.54, 1.807) is 12.1 Å². The number of aromatic carboxylic acids is 1. The number of likely N-dealkylation sites (N-methyl/N-ethyl adjacent to an activating group) is 1. The summed E-state index contributed by atoms with van der Waals surface area (Å²) in [5, 5.41) is 8.81. The molecule has 0 radical (unpaired) electrons. The number of benzene rings is 1. The number of alkyl halides is 1. The van der Waals surface area contributed by atoms with Gasteiger partial charge in [0.1, 0.15) is 6.17 Å². The van der Waals surface area contributed by atoms with Crippen molar-refractivity contribution in [2.75, 3.05) is 19.6 Å². The van der Waals surface area contributed by atoms with Crippen molar-refractivity contribution in [1.82, 2.24) is 4.90 Å². The van der Waals surface area contributed by atoms with E-state index >= 15 is 0 Å². The fourth-order valence-corrected chi connectivity index (χ4v) is 1.89. The molecule has 0 heterocycles. The molecule has 19 heavy (non-hydrogen) atoms. The molecule has 106 valence electrons. The zero-order valence-corrected chi connectivity index (χ0v) is 11.6. The van der Waals surface area contributed by atoms with E-state index in [1.807, 2.05) is 26.0 Å². The van der Waals surface area contributed by atoms with Gasteiger partial charge in [-0.1, -0.05) is 26.0 Å². The van der Waals surface area contributed by atoms with Crippen LogP contribution >= 0.6 is 0 Å². The molecule has 0 amide bonds. The zero-order chi connectivity index (χ0) is 14.3. The topological polar surface area (TPSA) is 40.5 Å². The first-order valence-electron chi connectivity index (χ1n) is 6.75. The lowest BCUT2D eigenvalue weighted by Crippen LogP contribution is -2.32. The Morgan fingerprint density at radius 3 is 2.42 bits per heavy atom. The maximum absolute atomic E-state index is 13.3. The molecule has 1 aromatic rings. The van der Waals surface area contributed by atoms with Gasteiger partial charge in [0, 0.05) is 13.1 Å². The molecule has 1 atom stereocenters. The van der Waals surface area contributed by atoms with Gasteiger partial charge in [-0.15, -0.1) is 0 Å². The van der Waals surface area contributed by atoms with Crippen LogP contribution in [0.15, 0.2) is 24.3 Å². The van der Waals surface area contributed by atoms with E-state index in [4.69, 9.17) is 5.11 Å².